The number of rotatable bonds is 5. The minimum Gasteiger partial charge on any atom is -0.489 e. The molecule has 0 bridgehead atoms. The van der Waals surface area contributed by atoms with E-state index in [1.165, 1.54) is 0 Å². The van der Waals surface area contributed by atoms with Crippen molar-refractivity contribution in [1.82, 2.24) is 5.43 Å². The molecule has 0 radical (unpaired) electrons. The van der Waals surface area contributed by atoms with Gasteiger partial charge in [-0.25, -0.2) is 5.84 Å². The first-order chi connectivity index (χ1) is 10.2. The number of hydrogen-bond acceptors (Lipinski definition) is 4. The molecule has 5 nitrogen and oxygen atoms in total. The van der Waals surface area contributed by atoms with Crippen LogP contribution in [0.3, 0.4) is 0 Å². The monoisotopic (exact) mass is 281 g/mol. The zero-order chi connectivity index (χ0) is 15.1. The lowest BCUT2D eigenvalue weighted by Gasteiger charge is -2.07. The minimum absolute atomic E-state index is 0.324. The first-order valence-electron chi connectivity index (χ1n) is 6.41. The maximum atomic E-state index is 11.3. The molecule has 106 valence electrons. The Morgan fingerprint density at radius 3 is 2.29 bits per heavy atom. The van der Waals surface area contributed by atoms with Gasteiger partial charge in [-0.1, -0.05) is 24.3 Å². The van der Waals surface area contributed by atoms with Gasteiger partial charge in [-0.2, -0.15) is 5.26 Å². The number of benzene rings is 2. The molecule has 0 saturated carbocycles. The van der Waals surface area contributed by atoms with Gasteiger partial charge in [-0.3, -0.25) is 10.2 Å². The summed E-state index contributed by atoms with van der Waals surface area (Å²) < 4.78 is 5.64. The number of ether oxygens (including phenoxy) is 1. The number of amides is 1. The molecule has 0 fully saturated rings. The third-order valence-corrected chi connectivity index (χ3v) is 2.96. The molecule has 2 aromatic rings. The van der Waals surface area contributed by atoms with E-state index in [9.17, 15) is 4.79 Å². The van der Waals surface area contributed by atoms with Gasteiger partial charge in [0.05, 0.1) is 12.5 Å². The zero-order valence-corrected chi connectivity index (χ0v) is 11.4. The van der Waals surface area contributed by atoms with Crippen molar-refractivity contribution in [3.8, 4) is 11.8 Å². The number of carbonyl (C=O) groups excluding carboxylic acids is 1. The molecule has 0 aliphatic heterocycles. The summed E-state index contributed by atoms with van der Waals surface area (Å²) in [4.78, 5) is 11.3. The van der Waals surface area contributed by atoms with Gasteiger partial charge in [0, 0.05) is 5.56 Å². The molecule has 2 rings (SSSR count). The fourth-order valence-electron chi connectivity index (χ4n) is 1.80. The van der Waals surface area contributed by atoms with Crippen molar-refractivity contribution in [2.45, 2.75) is 13.0 Å². The second kappa shape index (κ2) is 7.08. The quantitative estimate of drug-likeness (QED) is 0.498. The van der Waals surface area contributed by atoms with Crippen LogP contribution in [0.1, 0.15) is 21.5 Å². The Hall–Kier alpha value is -2.84. The van der Waals surface area contributed by atoms with Crippen molar-refractivity contribution in [2.24, 2.45) is 5.84 Å². The predicted octanol–water partition coefficient (Wildman–Crippen LogP) is 1.94. The second-order valence-electron chi connectivity index (χ2n) is 4.44. The van der Waals surface area contributed by atoms with Crippen molar-refractivity contribution < 1.29 is 9.53 Å². The molecule has 0 aromatic heterocycles. The number of hydrogen-bond donors (Lipinski definition) is 2. The van der Waals surface area contributed by atoms with Gasteiger partial charge in [0.25, 0.3) is 5.91 Å². The van der Waals surface area contributed by atoms with Crippen LogP contribution in [0.2, 0.25) is 0 Å². The highest BCUT2D eigenvalue weighted by Gasteiger charge is 2.03. The fourth-order valence-corrected chi connectivity index (χ4v) is 1.80. The van der Waals surface area contributed by atoms with E-state index < -0.39 is 0 Å². The van der Waals surface area contributed by atoms with Gasteiger partial charge >= 0.3 is 0 Å². The minimum atomic E-state index is -0.324. The molecule has 2 aromatic carbocycles. The molecule has 0 heterocycles. The van der Waals surface area contributed by atoms with Gasteiger partial charge in [-0.15, -0.1) is 0 Å². The number of nitrogens with one attached hydrogen (secondary N) is 1. The lowest BCUT2D eigenvalue weighted by atomic mass is 10.1. The summed E-state index contributed by atoms with van der Waals surface area (Å²) in [5.41, 5.74) is 4.49. The lowest BCUT2D eigenvalue weighted by Crippen LogP contribution is -2.29. The molecular formula is C16H15N3O2. The molecule has 1 amide bonds. The van der Waals surface area contributed by atoms with Crippen LogP contribution in [-0.2, 0) is 13.0 Å². The van der Waals surface area contributed by atoms with Crippen molar-refractivity contribution in [3.63, 3.8) is 0 Å². The summed E-state index contributed by atoms with van der Waals surface area (Å²) in [5.74, 6) is 5.48. The van der Waals surface area contributed by atoms with Crippen LogP contribution in [0.4, 0.5) is 0 Å². The van der Waals surface area contributed by atoms with Crippen LogP contribution in [0.25, 0.3) is 0 Å². The van der Waals surface area contributed by atoms with E-state index in [2.05, 4.69) is 11.5 Å². The molecule has 5 heteroatoms. The van der Waals surface area contributed by atoms with Gasteiger partial charge in [-0.05, 0) is 35.4 Å². The number of nitrogens with two attached hydrogens (primary N) is 1. The highest BCUT2D eigenvalue weighted by atomic mass is 16.5. The smallest absolute Gasteiger partial charge is 0.265 e. The van der Waals surface area contributed by atoms with Crippen molar-refractivity contribution in [2.75, 3.05) is 0 Å². The van der Waals surface area contributed by atoms with Gasteiger partial charge in [0.15, 0.2) is 0 Å². The highest BCUT2D eigenvalue weighted by molar-refractivity contribution is 5.93. The Labute approximate surface area is 122 Å². The molecule has 0 aliphatic carbocycles. The Kier molecular flexibility index (Phi) is 4.91. The van der Waals surface area contributed by atoms with Crippen LogP contribution in [0.5, 0.6) is 5.75 Å². The average molecular weight is 281 g/mol. The SMILES string of the molecule is N#CCc1ccc(OCc2ccc(C(=O)NN)cc2)cc1. The molecule has 0 unspecified atom stereocenters. The Morgan fingerprint density at radius 2 is 1.71 bits per heavy atom. The van der Waals surface area contributed by atoms with Crippen molar-refractivity contribution in [1.29, 1.82) is 5.26 Å². The summed E-state index contributed by atoms with van der Waals surface area (Å²) in [5, 5.41) is 8.60. The number of nitriles is 1. The van der Waals surface area contributed by atoms with E-state index in [0.717, 1.165) is 16.9 Å². The lowest BCUT2D eigenvalue weighted by molar-refractivity contribution is 0.0953. The van der Waals surface area contributed by atoms with Crippen LogP contribution in [0, 0.1) is 11.3 Å². The standard InChI is InChI=1S/C16H15N3O2/c17-10-9-12-3-7-15(8-4-12)21-11-13-1-5-14(6-2-13)16(20)19-18/h1-8H,9,11,18H2,(H,19,20). The predicted molar refractivity (Wildman–Crippen MR) is 78.2 cm³/mol. The van der Waals surface area contributed by atoms with Crippen molar-refractivity contribution in [3.05, 3.63) is 65.2 Å². The maximum Gasteiger partial charge on any atom is 0.265 e. The van der Waals surface area contributed by atoms with Crippen molar-refractivity contribution >= 4 is 5.91 Å². The van der Waals surface area contributed by atoms with Crippen LogP contribution in [-0.4, -0.2) is 5.91 Å². The van der Waals surface area contributed by atoms with Crippen LogP contribution >= 0.6 is 0 Å². The number of hydrazine groups is 1. The topological polar surface area (TPSA) is 88.1 Å². The molecule has 0 atom stereocenters. The third kappa shape index (κ3) is 4.06. The van der Waals surface area contributed by atoms with Crippen LogP contribution in [0.15, 0.2) is 48.5 Å². The maximum absolute atomic E-state index is 11.3. The summed E-state index contributed by atoms with van der Waals surface area (Å²) >= 11 is 0. The first kappa shape index (κ1) is 14.6. The van der Waals surface area contributed by atoms with E-state index in [-0.39, 0.29) is 5.91 Å². The molecular weight excluding hydrogens is 266 g/mol. The Balaban J connectivity index is 1.93. The van der Waals surface area contributed by atoms with E-state index in [4.69, 9.17) is 15.8 Å². The Bertz CT molecular complexity index is 643. The summed E-state index contributed by atoms with van der Waals surface area (Å²) in [6.07, 6.45) is 0.394. The summed E-state index contributed by atoms with van der Waals surface area (Å²) in [6, 6.07) is 16.5. The molecule has 3 N–H and O–H groups in total. The van der Waals surface area contributed by atoms with Gasteiger partial charge < -0.3 is 4.74 Å². The van der Waals surface area contributed by atoms with E-state index in [1.54, 1.807) is 12.1 Å². The summed E-state index contributed by atoms with van der Waals surface area (Å²) in [6.45, 7) is 0.405. The van der Waals surface area contributed by atoms with Gasteiger partial charge in [0.1, 0.15) is 12.4 Å². The number of nitrogen functional groups attached to an aromatic ring is 1. The molecule has 0 saturated heterocycles. The molecule has 0 aliphatic rings. The fraction of sp³-hybridized carbons (Fsp3) is 0.125. The molecule has 0 spiro atoms. The second-order valence-corrected chi connectivity index (χ2v) is 4.44. The normalized spacial score (nSPS) is 9.71. The summed E-state index contributed by atoms with van der Waals surface area (Å²) in [7, 11) is 0. The third-order valence-electron chi connectivity index (χ3n) is 2.96. The Morgan fingerprint density at radius 1 is 1.10 bits per heavy atom. The largest absolute Gasteiger partial charge is 0.489 e. The highest BCUT2D eigenvalue weighted by Crippen LogP contribution is 2.15. The van der Waals surface area contributed by atoms with E-state index >= 15 is 0 Å². The number of carbonyl (C=O) groups is 1. The van der Waals surface area contributed by atoms with Crippen LogP contribution < -0.4 is 16.0 Å². The zero-order valence-electron chi connectivity index (χ0n) is 11.4. The van der Waals surface area contributed by atoms with Gasteiger partial charge in [0.2, 0.25) is 0 Å². The first-order valence-corrected chi connectivity index (χ1v) is 6.41. The number of nitrogens with zero attached hydrogens (tertiary/aromatic N) is 1. The van der Waals surface area contributed by atoms with E-state index in [1.807, 2.05) is 36.4 Å². The average Bonchev–Trinajstić information content (AvgIpc) is 2.54. The molecule has 21 heavy (non-hydrogen) atoms. The van der Waals surface area contributed by atoms with E-state index in [0.29, 0.717) is 18.6 Å².